The Morgan fingerprint density at radius 1 is 1.33 bits per heavy atom. The number of aryl methyl sites for hydroxylation is 2. The summed E-state index contributed by atoms with van der Waals surface area (Å²) in [6, 6.07) is 6.21. The SMILES string of the molecule is CCCCNC(=O)c1[nH]c2cc(C)ccc2c1C. The van der Waals surface area contributed by atoms with Gasteiger partial charge >= 0.3 is 0 Å². The zero-order valence-corrected chi connectivity index (χ0v) is 11.3. The van der Waals surface area contributed by atoms with Gasteiger partial charge in [-0.2, -0.15) is 0 Å². The highest BCUT2D eigenvalue weighted by Gasteiger charge is 2.13. The van der Waals surface area contributed by atoms with Crippen LogP contribution >= 0.6 is 0 Å². The summed E-state index contributed by atoms with van der Waals surface area (Å²) < 4.78 is 0. The van der Waals surface area contributed by atoms with Gasteiger partial charge in [0.2, 0.25) is 0 Å². The van der Waals surface area contributed by atoms with E-state index in [2.05, 4.69) is 42.3 Å². The first kappa shape index (κ1) is 12.7. The fourth-order valence-electron chi connectivity index (χ4n) is 2.15. The molecule has 0 aliphatic heterocycles. The first-order valence-corrected chi connectivity index (χ1v) is 6.50. The van der Waals surface area contributed by atoms with Gasteiger partial charge in [-0.05, 0) is 37.5 Å². The van der Waals surface area contributed by atoms with E-state index in [1.807, 2.05) is 6.92 Å². The van der Waals surface area contributed by atoms with E-state index in [4.69, 9.17) is 0 Å². The van der Waals surface area contributed by atoms with E-state index in [-0.39, 0.29) is 5.91 Å². The van der Waals surface area contributed by atoms with Crippen LogP contribution in [0.5, 0.6) is 0 Å². The van der Waals surface area contributed by atoms with E-state index in [1.54, 1.807) is 0 Å². The Morgan fingerprint density at radius 2 is 2.11 bits per heavy atom. The van der Waals surface area contributed by atoms with Crippen molar-refractivity contribution in [3.8, 4) is 0 Å². The summed E-state index contributed by atoms with van der Waals surface area (Å²) in [4.78, 5) is 15.3. The van der Waals surface area contributed by atoms with E-state index in [1.165, 1.54) is 5.56 Å². The summed E-state index contributed by atoms with van der Waals surface area (Å²) >= 11 is 0. The van der Waals surface area contributed by atoms with Gasteiger partial charge in [0.05, 0.1) is 0 Å². The molecular weight excluding hydrogens is 224 g/mol. The summed E-state index contributed by atoms with van der Waals surface area (Å²) in [7, 11) is 0. The van der Waals surface area contributed by atoms with E-state index in [9.17, 15) is 4.79 Å². The van der Waals surface area contributed by atoms with Crippen LogP contribution in [-0.2, 0) is 0 Å². The maximum Gasteiger partial charge on any atom is 0.268 e. The number of benzene rings is 1. The minimum atomic E-state index is -0.00481. The van der Waals surface area contributed by atoms with Gasteiger partial charge in [0.25, 0.3) is 5.91 Å². The molecule has 0 fully saturated rings. The molecule has 3 nitrogen and oxygen atoms in total. The van der Waals surface area contributed by atoms with Gasteiger partial charge < -0.3 is 10.3 Å². The van der Waals surface area contributed by atoms with Crippen LogP contribution in [-0.4, -0.2) is 17.4 Å². The number of H-pyrrole nitrogens is 1. The molecule has 0 aliphatic carbocycles. The molecule has 0 saturated heterocycles. The van der Waals surface area contributed by atoms with E-state index in [0.29, 0.717) is 5.69 Å². The molecule has 0 atom stereocenters. The zero-order chi connectivity index (χ0) is 13.1. The number of aromatic nitrogens is 1. The van der Waals surface area contributed by atoms with Gasteiger partial charge in [0.15, 0.2) is 0 Å². The number of nitrogens with one attached hydrogen (secondary N) is 2. The number of amides is 1. The molecule has 0 bridgehead atoms. The topological polar surface area (TPSA) is 44.9 Å². The van der Waals surface area contributed by atoms with Crippen LogP contribution < -0.4 is 5.32 Å². The number of carbonyl (C=O) groups is 1. The predicted molar refractivity (Wildman–Crippen MR) is 75.0 cm³/mol. The van der Waals surface area contributed by atoms with Crippen LogP contribution in [0.2, 0.25) is 0 Å². The molecule has 0 spiro atoms. The highest BCUT2D eigenvalue weighted by atomic mass is 16.1. The van der Waals surface area contributed by atoms with Gasteiger partial charge in [0.1, 0.15) is 5.69 Å². The van der Waals surface area contributed by atoms with Gasteiger partial charge in [-0.3, -0.25) is 4.79 Å². The number of rotatable bonds is 4. The molecule has 0 aliphatic rings. The first-order valence-electron chi connectivity index (χ1n) is 6.50. The maximum absolute atomic E-state index is 12.1. The summed E-state index contributed by atoms with van der Waals surface area (Å²) in [5.41, 5.74) is 3.94. The molecule has 2 rings (SSSR count). The van der Waals surface area contributed by atoms with Crippen LogP contribution in [0.3, 0.4) is 0 Å². The molecule has 2 N–H and O–H groups in total. The summed E-state index contributed by atoms with van der Waals surface area (Å²) in [6.07, 6.45) is 2.11. The minimum absolute atomic E-state index is 0.00481. The van der Waals surface area contributed by atoms with Crippen molar-refractivity contribution in [3.05, 3.63) is 35.0 Å². The smallest absolute Gasteiger partial charge is 0.268 e. The lowest BCUT2D eigenvalue weighted by Crippen LogP contribution is -2.25. The Bertz CT molecular complexity index is 569. The summed E-state index contributed by atoms with van der Waals surface area (Å²) in [5.74, 6) is -0.00481. The number of hydrogen-bond donors (Lipinski definition) is 2. The summed E-state index contributed by atoms with van der Waals surface area (Å²) in [5, 5.41) is 4.07. The predicted octanol–water partition coefficient (Wildman–Crippen LogP) is 3.31. The van der Waals surface area contributed by atoms with Crippen LogP contribution in [0.25, 0.3) is 10.9 Å². The molecule has 18 heavy (non-hydrogen) atoms. The first-order chi connectivity index (χ1) is 8.63. The zero-order valence-electron chi connectivity index (χ0n) is 11.3. The van der Waals surface area contributed by atoms with Crippen molar-refractivity contribution in [2.24, 2.45) is 0 Å². The summed E-state index contributed by atoms with van der Waals surface area (Å²) in [6.45, 7) is 6.89. The fourth-order valence-corrected chi connectivity index (χ4v) is 2.15. The second kappa shape index (κ2) is 5.25. The Morgan fingerprint density at radius 3 is 2.83 bits per heavy atom. The van der Waals surface area contributed by atoms with Crippen molar-refractivity contribution in [3.63, 3.8) is 0 Å². The van der Waals surface area contributed by atoms with Crippen LogP contribution in [0.4, 0.5) is 0 Å². The number of unbranched alkanes of at least 4 members (excludes halogenated alkanes) is 1. The molecule has 1 amide bonds. The highest BCUT2D eigenvalue weighted by Crippen LogP contribution is 2.22. The van der Waals surface area contributed by atoms with Crippen molar-refractivity contribution in [1.29, 1.82) is 0 Å². The van der Waals surface area contributed by atoms with E-state index >= 15 is 0 Å². The van der Waals surface area contributed by atoms with E-state index < -0.39 is 0 Å². The molecule has 1 heterocycles. The third-order valence-electron chi connectivity index (χ3n) is 3.26. The second-order valence-electron chi connectivity index (χ2n) is 4.78. The lowest BCUT2D eigenvalue weighted by atomic mass is 10.1. The molecule has 96 valence electrons. The molecular formula is C15H20N2O. The Hall–Kier alpha value is -1.77. The van der Waals surface area contributed by atoms with Crippen molar-refractivity contribution in [2.45, 2.75) is 33.6 Å². The third kappa shape index (κ3) is 2.40. The van der Waals surface area contributed by atoms with Crippen molar-refractivity contribution in [1.82, 2.24) is 10.3 Å². The normalized spacial score (nSPS) is 10.8. The Kier molecular flexibility index (Phi) is 3.70. The van der Waals surface area contributed by atoms with Crippen molar-refractivity contribution < 1.29 is 4.79 Å². The lowest BCUT2D eigenvalue weighted by Gasteiger charge is -2.03. The Balaban J connectivity index is 2.28. The molecule has 0 unspecified atom stereocenters. The minimum Gasteiger partial charge on any atom is -0.351 e. The molecule has 1 aromatic carbocycles. The average molecular weight is 244 g/mol. The van der Waals surface area contributed by atoms with Crippen molar-refractivity contribution >= 4 is 16.8 Å². The monoisotopic (exact) mass is 244 g/mol. The number of aromatic amines is 1. The second-order valence-corrected chi connectivity index (χ2v) is 4.78. The molecule has 0 radical (unpaired) electrons. The standard InChI is InChI=1S/C15H20N2O/c1-4-5-8-16-15(18)14-11(3)12-7-6-10(2)9-13(12)17-14/h6-7,9,17H,4-5,8H2,1-3H3,(H,16,18). The van der Waals surface area contributed by atoms with Gasteiger partial charge in [-0.25, -0.2) is 0 Å². The van der Waals surface area contributed by atoms with Gasteiger partial charge in [0, 0.05) is 17.4 Å². The highest BCUT2D eigenvalue weighted by molar-refractivity contribution is 6.00. The number of hydrogen-bond acceptors (Lipinski definition) is 1. The average Bonchev–Trinajstić information content (AvgIpc) is 2.66. The quantitative estimate of drug-likeness (QED) is 0.796. The van der Waals surface area contributed by atoms with Crippen LogP contribution in [0.1, 0.15) is 41.4 Å². The van der Waals surface area contributed by atoms with Gasteiger partial charge in [-0.15, -0.1) is 0 Å². The molecule has 0 saturated carbocycles. The third-order valence-corrected chi connectivity index (χ3v) is 3.26. The van der Waals surface area contributed by atoms with Crippen molar-refractivity contribution in [2.75, 3.05) is 6.54 Å². The molecule has 1 aromatic heterocycles. The number of fused-ring (bicyclic) bond motifs is 1. The van der Waals surface area contributed by atoms with Crippen LogP contribution in [0.15, 0.2) is 18.2 Å². The fraction of sp³-hybridized carbons (Fsp3) is 0.400. The van der Waals surface area contributed by atoms with Gasteiger partial charge in [-0.1, -0.05) is 25.5 Å². The Labute approximate surface area is 108 Å². The molecule has 3 heteroatoms. The van der Waals surface area contributed by atoms with E-state index in [0.717, 1.165) is 35.9 Å². The molecule has 2 aromatic rings. The lowest BCUT2D eigenvalue weighted by molar-refractivity contribution is 0.0948. The maximum atomic E-state index is 12.1. The van der Waals surface area contributed by atoms with Crippen LogP contribution in [0, 0.1) is 13.8 Å². The largest absolute Gasteiger partial charge is 0.351 e. The number of carbonyl (C=O) groups excluding carboxylic acids is 1.